The molecule has 2 rings (SSSR count). The first kappa shape index (κ1) is 16.5. The van der Waals surface area contributed by atoms with Crippen LogP contribution >= 0.6 is 0 Å². The molecule has 120 valence electrons. The first-order valence-electron chi connectivity index (χ1n) is 7.52. The zero-order chi connectivity index (χ0) is 16.8. The molecule has 7 heteroatoms. The second kappa shape index (κ2) is 7.40. The monoisotopic (exact) mass is 312 g/mol. The van der Waals surface area contributed by atoms with E-state index in [2.05, 4.69) is 17.5 Å². The van der Waals surface area contributed by atoms with Gasteiger partial charge in [0.2, 0.25) is 5.71 Å². The van der Waals surface area contributed by atoms with Gasteiger partial charge in [-0.05, 0) is 38.3 Å². The number of amidine groups is 1. The first-order valence-corrected chi connectivity index (χ1v) is 7.52. The molecule has 0 saturated carbocycles. The summed E-state index contributed by atoms with van der Waals surface area (Å²) in [5.74, 6) is -0.481. The van der Waals surface area contributed by atoms with Crippen molar-refractivity contribution in [3.05, 3.63) is 29.8 Å². The van der Waals surface area contributed by atoms with Gasteiger partial charge in [-0.3, -0.25) is 15.6 Å². The highest BCUT2D eigenvalue weighted by Crippen LogP contribution is 2.23. The normalized spacial score (nSPS) is 18.2. The SMILES string of the molecule is CC1CCCCN1C(=O)c1ccccc1N/N=C(\C#N)C(=N)N. The van der Waals surface area contributed by atoms with Crippen LogP contribution in [0.25, 0.3) is 0 Å². The summed E-state index contributed by atoms with van der Waals surface area (Å²) in [5, 5.41) is 19.9. The molecule has 1 fully saturated rings. The molecule has 1 aliphatic heterocycles. The van der Waals surface area contributed by atoms with Crippen molar-refractivity contribution in [2.75, 3.05) is 12.0 Å². The lowest BCUT2D eigenvalue weighted by Gasteiger charge is -2.33. The number of rotatable bonds is 4. The Kier molecular flexibility index (Phi) is 5.31. The average molecular weight is 312 g/mol. The van der Waals surface area contributed by atoms with Gasteiger partial charge in [0.25, 0.3) is 5.91 Å². The standard InChI is InChI=1S/C16H20N6O/c1-11-6-4-5-9-22(11)16(23)12-7-2-3-8-13(12)20-21-14(10-17)15(18)19/h2-3,7-8,11,20H,4-6,9H2,1H3,(H3,18,19)/b21-14+. The predicted molar refractivity (Wildman–Crippen MR) is 89.4 cm³/mol. The van der Waals surface area contributed by atoms with Gasteiger partial charge in [0.15, 0.2) is 5.84 Å². The van der Waals surface area contributed by atoms with Crippen LogP contribution < -0.4 is 11.2 Å². The Hall–Kier alpha value is -2.88. The number of nitrogens with one attached hydrogen (secondary N) is 2. The Morgan fingerprint density at radius 3 is 2.87 bits per heavy atom. The summed E-state index contributed by atoms with van der Waals surface area (Å²) in [6.07, 6.45) is 3.15. The van der Waals surface area contributed by atoms with Gasteiger partial charge in [-0.2, -0.15) is 10.4 Å². The minimum atomic E-state index is -0.423. The van der Waals surface area contributed by atoms with E-state index < -0.39 is 5.84 Å². The van der Waals surface area contributed by atoms with Crippen molar-refractivity contribution in [2.45, 2.75) is 32.2 Å². The van der Waals surface area contributed by atoms with Crippen molar-refractivity contribution >= 4 is 23.1 Å². The lowest BCUT2D eigenvalue weighted by Crippen LogP contribution is -2.42. The third-order valence-corrected chi connectivity index (χ3v) is 3.87. The van der Waals surface area contributed by atoms with Crippen molar-refractivity contribution in [3.8, 4) is 6.07 Å². The highest BCUT2D eigenvalue weighted by Gasteiger charge is 2.25. The fraction of sp³-hybridized carbons (Fsp3) is 0.375. The van der Waals surface area contributed by atoms with Crippen molar-refractivity contribution in [2.24, 2.45) is 10.8 Å². The number of amides is 1. The van der Waals surface area contributed by atoms with Gasteiger partial charge in [0.05, 0.1) is 11.3 Å². The number of carbonyl (C=O) groups excluding carboxylic acids is 1. The molecule has 4 N–H and O–H groups in total. The number of carbonyl (C=O) groups is 1. The van der Waals surface area contributed by atoms with Crippen LogP contribution in [0.5, 0.6) is 0 Å². The summed E-state index contributed by atoms with van der Waals surface area (Å²) in [6.45, 7) is 2.79. The van der Waals surface area contributed by atoms with E-state index in [0.717, 1.165) is 25.8 Å². The Morgan fingerprint density at radius 2 is 2.22 bits per heavy atom. The third kappa shape index (κ3) is 3.86. The quantitative estimate of drug-likeness (QED) is 0.447. The fourth-order valence-electron chi connectivity index (χ4n) is 2.58. The maximum atomic E-state index is 12.8. The van der Waals surface area contributed by atoms with Crippen LogP contribution in [0.4, 0.5) is 5.69 Å². The molecule has 0 aliphatic carbocycles. The van der Waals surface area contributed by atoms with Crippen LogP contribution in [0, 0.1) is 16.7 Å². The van der Waals surface area contributed by atoms with Crippen LogP contribution in [0.1, 0.15) is 36.5 Å². The van der Waals surface area contributed by atoms with E-state index in [1.54, 1.807) is 30.3 Å². The van der Waals surface area contributed by atoms with Crippen molar-refractivity contribution in [3.63, 3.8) is 0 Å². The summed E-state index contributed by atoms with van der Waals surface area (Å²) >= 11 is 0. The molecular formula is C16H20N6O. The van der Waals surface area contributed by atoms with E-state index in [1.807, 2.05) is 4.90 Å². The highest BCUT2D eigenvalue weighted by atomic mass is 16.2. The summed E-state index contributed by atoms with van der Waals surface area (Å²) in [4.78, 5) is 14.6. The molecule has 1 heterocycles. The molecule has 0 aromatic heterocycles. The van der Waals surface area contributed by atoms with Gasteiger partial charge in [0, 0.05) is 12.6 Å². The number of nitrogens with zero attached hydrogens (tertiary/aromatic N) is 3. The molecule has 0 bridgehead atoms. The molecule has 0 radical (unpaired) electrons. The second-order valence-electron chi connectivity index (χ2n) is 5.49. The predicted octanol–water partition coefficient (Wildman–Crippen LogP) is 1.93. The molecule has 1 aromatic carbocycles. The van der Waals surface area contributed by atoms with Crippen molar-refractivity contribution < 1.29 is 4.79 Å². The van der Waals surface area contributed by atoms with Gasteiger partial charge < -0.3 is 10.6 Å². The number of para-hydroxylation sites is 1. The topological polar surface area (TPSA) is 118 Å². The zero-order valence-corrected chi connectivity index (χ0v) is 13.0. The number of hydrogen-bond donors (Lipinski definition) is 3. The smallest absolute Gasteiger partial charge is 0.256 e. The second-order valence-corrected chi connectivity index (χ2v) is 5.49. The zero-order valence-electron chi connectivity index (χ0n) is 13.0. The largest absolute Gasteiger partial charge is 0.382 e. The maximum absolute atomic E-state index is 12.8. The van der Waals surface area contributed by atoms with Crippen LogP contribution in [0.2, 0.25) is 0 Å². The summed E-state index contributed by atoms with van der Waals surface area (Å²) in [5.41, 5.74) is 8.69. The molecule has 23 heavy (non-hydrogen) atoms. The Labute approximate surface area is 135 Å². The van der Waals surface area contributed by atoms with Gasteiger partial charge in [-0.25, -0.2) is 0 Å². The maximum Gasteiger partial charge on any atom is 0.256 e. The summed E-state index contributed by atoms with van der Waals surface area (Å²) in [6, 6.07) is 8.93. The van der Waals surface area contributed by atoms with Crippen LogP contribution in [0.15, 0.2) is 29.4 Å². The Balaban J connectivity index is 2.25. The summed E-state index contributed by atoms with van der Waals surface area (Å²) < 4.78 is 0. The van der Waals surface area contributed by atoms with Crippen LogP contribution in [-0.2, 0) is 0 Å². The minimum Gasteiger partial charge on any atom is -0.382 e. The average Bonchev–Trinajstić information content (AvgIpc) is 2.55. The number of hydrogen-bond acceptors (Lipinski definition) is 5. The number of nitriles is 1. The number of likely N-dealkylation sites (tertiary alicyclic amines) is 1. The molecule has 0 spiro atoms. The number of anilines is 1. The Bertz CT molecular complexity index is 675. The molecule has 1 aliphatic rings. The van der Waals surface area contributed by atoms with Crippen molar-refractivity contribution in [1.82, 2.24) is 4.90 Å². The van der Waals surface area contributed by atoms with Gasteiger partial charge in [0.1, 0.15) is 6.07 Å². The van der Waals surface area contributed by atoms with Gasteiger partial charge in [-0.15, -0.1) is 0 Å². The third-order valence-electron chi connectivity index (χ3n) is 3.87. The number of nitrogens with two attached hydrogens (primary N) is 1. The van der Waals surface area contributed by atoms with Gasteiger partial charge >= 0.3 is 0 Å². The lowest BCUT2D eigenvalue weighted by molar-refractivity contribution is 0.0636. The molecule has 1 atom stereocenters. The molecular weight excluding hydrogens is 292 g/mol. The van der Waals surface area contributed by atoms with Crippen LogP contribution in [0.3, 0.4) is 0 Å². The van der Waals surface area contributed by atoms with Gasteiger partial charge in [-0.1, -0.05) is 12.1 Å². The first-order chi connectivity index (χ1) is 11.0. The molecule has 1 saturated heterocycles. The van der Waals surface area contributed by atoms with Crippen molar-refractivity contribution in [1.29, 1.82) is 10.7 Å². The van der Waals surface area contributed by atoms with E-state index in [-0.39, 0.29) is 17.7 Å². The van der Waals surface area contributed by atoms with Crippen LogP contribution in [-0.4, -0.2) is 34.9 Å². The summed E-state index contributed by atoms with van der Waals surface area (Å²) in [7, 11) is 0. The molecule has 1 aromatic rings. The van der Waals surface area contributed by atoms with E-state index in [4.69, 9.17) is 16.4 Å². The van der Waals surface area contributed by atoms with E-state index in [9.17, 15) is 4.79 Å². The number of hydrazone groups is 1. The molecule has 1 unspecified atom stereocenters. The van der Waals surface area contributed by atoms with E-state index in [0.29, 0.717) is 11.3 Å². The van der Waals surface area contributed by atoms with E-state index in [1.165, 1.54) is 0 Å². The number of piperidine rings is 1. The lowest BCUT2D eigenvalue weighted by atomic mass is 10.0. The van der Waals surface area contributed by atoms with E-state index >= 15 is 0 Å². The minimum absolute atomic E-state index is 0.0585. The fourth-order valence-corrected chi connectivity index (χ4v) is 2.58. The highest BCUT2D eigenvalue weighted by molar-refractivity contribution is 6.45. The molecule has 1 amide bonds. The Morgan fingerprint density at radius 1 is 1.48 bits per heavy atom. The molecule has 7 nitrogen and oxygen atoms in total. The number of benzene rings is 1.